The van der Waals surface area contributed by atoms with Gasteiger partial charge in [-0.3, -0.25) is 9.97 Å². The number of fused-ring (bicyclic) bond motifs is 1. The summed E-state index contributed by atoms with van der Waals surface area (Å²) in [5.41, 5.74) is 5.10. The summed E-state index contributed by atoms with van der Waals surface area (Å²) < 4.78 is 15.6. The van der Waals surface area contributed by atoms with Gasteiger partial charge in [0.1, 0.15) is 17.6 Å². The fraction of sp³-hybridized carbons (Fsp3) is 0.147. The molecule has 0 saturated carbocycles. The summed E-state index contributed by atoms with van der Waals surface area (Å²) in [4.78, 5) is 8.65. The van der Waals surface area contributed by atoms with Crippen LogP contribution in [-0.2, 0) is 0 Å². The Morgan fingerprint density at radius 3 is 2.66 bits per heavy atom. The quantitative estimate of drug-likeness (QED) is 0.146. The summed E-state index contributed by atoms with van der Waals surface area (Å²) in [5.74, 6) is -0.396. The van der Waals surface area contributed by atoms with E-state index < -0.39 is 11.9 Å². The summed E-state index contributed by atoms with van der Waals surface area (Å²) in [6.07, 6.45) is 11.7. The maximum atomic E-state index is 14.0. The fourth-order valence-corrected chi connectivity index (χ4v) is 5.06. The Balaban J connectivity index is 1.57. The number of nitrogens with one attached hydrogen (secondary N) is 2. The first kappa shape index (κ1) is 30.1. The Morgan fingerprint density at radius 2 is 1.95 bits per heavy atom. The normalized spacial score (nSPS) is 13.0. The molecule has 2 aromatic carbocycles. The van der Waals surface area contributed by atoms with Gasteiger partial charge in [-0.2, -0.15) is 5.26 Å². The van der Waals surface area contributed by atoms with Crippen LogP contribution in [0.25, 0.3) is 16.6 Å². The van der Waals surface area contributed by atoms with Crippen LogP contribution in [0.2, 0.25) is 5.02 Å². The number of halogens is 2. The van der Waals surface area contributed by atoms with Gasteiger partial charge in [-0.05, 0) is 54.8 Å². The van der Waals surface area contributed by atoms with E-state index in [1.165, 1.54) is 18.3 Å². The maximum absolute atomic E-state index is 14.0. The van der Waals surface area contributed by atoms with E-state index >= 15 is 0 Å². The maximum Gasteiger partial charge on any atom is 0.118 e. The number of nitrogens with zero attached hydrogens (tertiary/aromatic N) is 6. The van der Waals surface area contributed by atoms with Gasteiger partial charge in [-0.1, -0.05) is 72.8 Å². The zero-order valence-electron chi connectivity index (χ0n) is 24.2. The standard InChI is InChI=1S/C34H30ClFN8/c1-4-25(36)14-13-22(3)32(31-21-44(43-42-31)27-12-9-15-38-20-27)40-26-16-28-33(24(18-37)19-39-34(28)29(35)17-26)41-30(5-2)23-10-7-6-8-11-23/h4,6-17,19-21,30,32,40H,3,5H2,1-2H3,(H,39,41)/b14-13-,25-4+/t30-,32+/m1/s1. The third kappa shape index (κ3) is 6.66. The highest BCUT2D eigenvalue weighted by molar-refractivity contribution is 6.35. The topological polar surface area (TPSA) is 104 Å². The van der Waals surface area contributed by atoms with Gasteiger partial charge in [0, 0.05) is 23.5 Å². The zero-order valence-corrected chi connectivity index (χ0v) is 25.0. The van der Waals surface area contributed by atoms with Crippen LogP contribution in [-0.4, -0.2) is 25.0 Å². The van der Waals surface area contributed by atoms with Gasteiger partial charge in [0.2, 0.25) is 0 Å². The smallest absolute Gasteiger partial charge is 0.118 e. The monoisotopic (exact) mass is 604 g/mol. The molecule has 3 aromatic heterocycles. The predicted octanol–water partition coefficient (Wildman–Crippen LogP) is 8.44. The lowest BCUT2D eigenvalue weighted by Crippen LogP contribution is -2.14. The van der Waals surface area contributed by atoms with Crippen LogP contribution in [0.1, 0.15) is 49.2 Å². The Labute approximate surface area is 260 Å². The van der Waals surface area contributed by atoms with Crippen LogP contribution in [0.3, 0.4) is 0 Å². The van der Waals surface area contributed by atoms with Crippen molar-refractivity contribution in [2.45, 2.75) is 32.4 Å². The lowest BCUT2D eigenvalue weighted by atomic mass is 10.0. The van der Waals surface area contributed by atoms with E-state index in [-0.39, 0.29) is 6.04 Å². The van der Waals surface area contributed by atoms with Crippen LogP contribution in [0, 0.1) is 11.3 Å². The van der Waals surface area contributed by atoms with Crippen molar-refractivity contribution in [1.29, 1.82) is 5.26 Å². The number of aromatic nitrogens is 5. The zero-order chi connectivity index (χ0) is 31.1. The van der Waals surface area contributed by atoms with Crippen LogP contribution in [0.15, 0.2) is 116 Å². The Morgan fingerprint density at radius 1 is 1.14 bits per heavy atom. The molecule has 2 N–H and O–H groups in total. The van der Waals surface area contributed by atoms with Gasteiger partial charge in [-0.15, -0.1) is 5.10 Å². The van der Waals surface area contributed by atoms with Crippen molar-refractivity contribution in [2.75, 3.05) is 10.6 Å². The highest BCUT2D eigenvalue weighted by Gasteiger charge is 2.21. The Hall–Kier alpha value is -5.33. The van der Waals surface area contributed by atoms with Crippen LogP contribution >= 0.6 is 11.6 Å². The molecule has 0 radical (unpaired) electrons. The first-order chi connectivity index (χ1) is 21.4. The minimum atomic E-state index is -0.605. The number of hydrogen-bond donors (Lipinski definition) is 2. The Kier molecular flexibility index (Phi) is 9.43. The minimum absolute atomic E-state index is 0.0500. The molecule has 0 bridgehead atoms. The minimum Gasteiger partial charge on any atom is -0.377 e. The lowest BCUT2D eigenvalue weighted by Gasteiger charge is -2.22. The molecule has 3 heterocycles. The molecule has 2 atom stereocenters. The molecule has 0 amide bonds. The van der Waals surface area contributed by atoms with Crippen molar-refractivity contribution in [3.63, 3.8) is 0 Å². The van der Waals surface area contributed by atoms with Gasteiger partial charge in [0.25, 0.3) is 0 Å². The molecule has 0 spiro atoms. The molecule has 0 saturated heterocycles. The van der Waals surface area contributed by atoms with Gasteiger partial charge in [0.05, 0.1) is 52.0 Å². The number of benzene rings is 2. The lowest BCUT2D eigenvalue weighted by molar-refractivity contribution is 0.664. The van der Waals surface area contributed by atoms with E-state index in [9.17, 15) is 9.65 Å². The fourth-order valence-electron chi connectivity index (χ4n) is 4.79. The number of nitriles is 1. The van der Waals surface area contributed by atoms with E-state index in [0.717, 1.165) is 17.7 Å². The molecule has 0 fully saturated rings. The third-order valence-corrected chi connectivity index (χ3v) is 7.39. The number of pyridine rings is 2. The van der Waals surface area contributed by atoms with E-state index in [4.69, 9.17) is 11.6 Å². The molecule has 10 heteroatoms. The average molecular weight is 605 g/mol. The molecule has 44 heavy (non-hydrogen) atoms. The number of rotatable bonds is 11. The highest BCUT2D eigenvalue weighted by Crippen LogP contribution is 2.37. The van der Waals surface area contributed by atoms with Crippen molar-refractivity contribution in [1.82, 2.24) is 25.0 Å². The average Bonchev–Trinajstić information content (AvgIpc) is 3.55. The van der Waals surface area contributed by atoms with Gasteiger partial charge in [-0.25, -0.2) is 9.07 Å². The summed E-state index contributed by atoms with van der Waals surface area (Å²) in [6, 6.07) is 19.0. The van der Waals surface area contributed by atoms with Crippen molar-refractivity contribution < 1.29 is 4.39 Å². The second kappa shape index (κ2) is 13.8. The first-order valence-electron chi connectivity index (χ1n) is 14.0. The van der Waals surface area contributed by atoms with Gasteiger partial charge >= 0.3 is 0 Å². The summed E-state index contributed by atoms with van der Waals surface area (Å²) in [7, 11) is 0. The van der Waals surface area contributed by atoms with Crippen LogP contribution < -0.4 is 10.6 Å². The molecule has 0 aliphatic rings. The van der Waals surface area contributed by atoms with Crippen molar-refractivity contribution in [3.8, 4) is 11.8 Å². The van der Waals surface area contributed by atoms with Crippen LogP contribution in [0.5, 0.6) is 0 Å². The van der Waals surface area contributed by atoms with Crippen LogP contribution in [0.4, 0.5) is 15.8 Å². The number of anilines is 2. The predicted molar refractivity (Wildman–Crippen MR) is 173 cm³/mol. The molecular formula is C34H30ClFN8. The summed E-state index contributed by atoms with van der Waals surface area (Å²) in [6.45, 7) is 7.89. The number of allylic oxidation sites excluding steroid dienone is 3. The van der Waals surface area contributed by atoms with E-state index in [0.29, 0.717) is 44.1 Å². The van der Waals surface area contributed by atoms with E-state index in [1.54, 1.807) is 48.4 Å². The van der Waals surface area contributed by atoms with Gasteiger partial charge in [0.15, 0.2) is 0 Å². The first-order valence-corrected chi connectivity index (χ1v) is 14.4. The summed E-state index contributed by atoms with van der Waals surface area (Å²) >= 11 is 6.79. The van der Waals surface area contributed by atoms with Gasteiger partial charge < -0.3 is 10.6 Å². The highest BCUT2D eigenvalue weighted by atomic mass is 35.5. The number of hydrogen-bond acceptors (Lipinski definition) is 7. The van der Waals surface area contributed by atoms with E-state index in [2.05, 4.69) is 62.6 Å². The molecule has 5 rings (SSSR count). The largest absolute Gasteiger partial charge is 0.377 e. The molecule has 5 aromatic rings. The second-order valence-corrected chi connectivity index (χ2v) is 10.4. The second-order valence-electron chi connectivity index (χ2n) is 9.99. The van der Waals surface area contributed by atoms with Crippen molar-refractivity contribution >= 4 is 33.9 Å². The molecule has 0 aliphatic carbocycles. The molecule has 0 unspecified atom stereocenters. The molecule has 8 nitrogen and oxygen atoms in total. The molecule has 220 valence electrons. The molecule has 0 aliphatic heterocycles. The van der Waals surface area contributed by atoms with E-state index in [1.807, 2.05) is 30.3 Å². The summed E-state index contributed by atoms with van der Waals surface area (Å²) in [5, 5.41) is 26.8. The Bertz CT molecular complexity index is 1880. The SMILES string of the molecule is C=C(/C=C\C(F)=C/C)[C@H](Nc1cc(Cl)c2ncc(C#N)c(N[C@H](CC)c3ccccc3)c2c1)c1cn(-c2cccnc2)nn1. The third-order valence-electron chi connectivity index (χ3n) is 7.11. The van der Waals surface area contributed by atoms with Crippen molar-refractivity contribution in [2.24, 2.45) is 0 Å². The van der Waals surface area contributed by atoms with Crippen molar-refractivity contribution in [3.05, 3.63) is 137 Å². The molecular weight excluding hydrogens is 575 g/mol.